The molecule has 7 nitrogen and oxygen atoms in total. The molecular weight excluding hydrogens is 417 g/mol. The Labute approximate surface area is 175 Å². The van der Waals surface area contributed by atoms with Gasteiger partial charge in [-0.1, -0.05) is 29.3 Å². The number of carbonyl (C=O) groups is 1. The van der Waals surface area contributed by atoms with E-state index in [1.807, 2.05) is 0 Å². The van der Waals surface area contributed by atoms with E-state index in [9.17, 15) is 14.9 Å². The van der Waals surface area contributed by atoms with Gasteiger partial charge in [0.1, 0.15) is 28.6 Å². The molecule has 2 heterocycles. The van der Waals surface area contributed by atoms with Crippen LogP contribution in [0, 0.1) is 11.3 Å². The highest BCUT2D eigenvalue weighted by Gasteiger charge is 2.18. The van der Waals surface area contributed by atoms with Crippen LogP contribution >= 0.6 is 23.2 Å². The Morgan fingerprint density at radius 3 is 2.79 bits per heavy atom. The summed E-state index contributed by atoms with van der Waals surface area (Å²) in [6.45, 7) is 1.69. The van der Waals surface area contributed by atoms with E-state index in [0.29, 0.717) is 10.7 Å². The van der Waals surface area contributed by atoms with Crippen molar-refractivity contribution in [2.75, 3.05) is 6.61 Å². The molecule has 0 aliphatic rings. The Balaban J connectivity index is 2.22. The van der Waals surface area contributed by atoms with E-state index >= 15 is 0 Å². The van der Waals surface area contributed by atoms with Crippen LogP contribution in [0.1, 0.15) is 12.5 Å². The van der Waals surface area contributed by atoms with E-state index < -0.39 is 11.5 Å². The van der Waals surface area contributed by atoms with Crippen LogP contribution < -0.4 is 10.3 Å². The Morgan fingerprint density at radius 1 is 1.31 bits per heavy atom. The zero-order chi connectivity index (χ0) is 21.0. The highest BCUT2D eigenvalue weighted by atomic mass is 35.5. The predicted octanol–water partition coefficient (Wildman–Crippen LogP) is 4.26. The second kappa shape index (κ2) is 8.78. The maximum atomic E-state index is 13.0. The number of carbonyl (C=O) groups excluding carboxylic acids is 1. The highest BCUT2D eigenvalue weighted by molar-refractivity contribution is 6.35. The summed E-state index contributed by atoms with van der Waals surface area (Å²) in [5, 5.41) is 9.93. The molecule has 0 atom stereocenters. The minimum absolute atomic E-state index is 0.0799. The van der Waals surface area contributed by atoms with Crippen LogP contribution in [0.25, 0.3) is 11.7 Å². The molecule has 0 fully saturated rings. The fourth-order valence-corrected chi connectivity index (χ4v) is 2.88. The number of benzene rings is 1. The number of rotatable bonds is 5. The van der Waals surface area contributed by atoms with Gasteiger partial charge < -0.3 is 9.47 Å². The molecule has 9 heteroatoms. The maximum absolute atomic E-state index is 13.0. The number of pyridine rings is 1. The molecule has 1 aromatic carbocycles. The van der Waals surface area contributed by atoms with Gasteiger partial charge in [-0.25, -0.2) is 4.79 Å². The van der Waals surface area contributed by atoms with Crippen molar-refractivity contribution in [2.24, 2.45) is 0 Å². The van der Waals surface area contributed by atoms with Crippen molar-refractivity contribution < 1.29 is 14.3 Å². The molecule has 0 radical (unpaired) electrons. The van der Waals surface area contributed by atoms with Gasteiger partial charge in [0.05, 0.1) is 11.6 Å². The fraction of sp³-hybridized carbons (Fsp3) is 0.100. The second-order valence-electron chi connectivity index (χ2n) is 5.63. The third-order valence-electron chi connectivity index (χ3n) is 3.74. The largest absolute Gasteiger partial charge is 0.462 e. The van der Waals surface area contributed by atoms with Crippen LogP contribution in [0.4, 0.5) is 0 Å². The smallest absolute Gasteiger partial charge is 0.348 e. The first-order valence-electron chi connectivity index (χ1n) is 8.37. The third kappa shape index (κ3) is 4.40. The summed E-state index contributed by atoms with van der Waals surface area (Å²) in [6, 6.07) is 11.2. The van der Waals surface area contributed by atoms with Crippen LogP contribution in [-0.2, 0) is 9.53 Å². The topological polar surface area (TPSA) is 93.7 Å². The Morgan fingerprint density at radius 2 is 2.10 bits per heavy atom. The molecule has 0 bridgehead atoms. The summed E-state index contributed by atoms with van der Waals surface area (Å²) >= 11 is 12.1. The van der Waals surface area contributed by atoms with Crippen molar-refractivity contribution in [2.45, 2.75) is 6.92 Å². The Kier molecular flexibility index (Phi) is 6.17. The van der Waals surface area contributed by atoms with Gasteiger partial charge in [0.2, 0.25) is 5.88 Å². The number of halogens is 2. The zero-order valence-corrected chi connectivity index (χ0v) is 16.6. The molecule has 0 amide bonds. The molecule has 0 aliphatic heterocycles. The van der Waals surface area contributed by atoms with E-state index in [2.05, 4.69) is 4.98 Å². The summed E-state index contributed by atoms with van der Waals surface area (Å²) in [4.78, 5) is 29.3. The first-order chi connectivity index (χ1) is 13.9. The van der Waals surface area contributed by atoms with E-state index in [1.165, 1.54) is 22.7 Å². The fourth-order valence-electron chi connectivity index (χ4n) is 2.44. The van der Waals surface area contributed by atoms with E-state index in [0.717, 1.165) is 6.08 Å². The average molecular weight is 430 g/mol. The summed E-state index contributed by atoms with van der Waals surface area (Å²) in [7, 11) is 0. The molecule has 0 saturated heterocycles. The van der Waals surface area contributed by atoms with Gasteiger partial charge in [-0.05, 0) is 43.3 Å². The van der Waals surface area contributed by atoms with E-state index in [4.69, 9.17) is 32.7 Å². The van der Waals surface area contributed by atoms with Crippen molar-refractivity contribution in [3.8, 4) is 17.7 Å². The van der Waals surface area contributed by atoms with Crippen LogP contribution in [0.15, 0.2) is 53.0 Å². The monoisotopic (exact) mass is 429 g/mol. The van der Waals surface area contributed by atoms with Crippen molar-refractivity contribution >= 4 is 40.9 Å². The van der Waals surface area contributed by atoms with Gasteiger partial charge in [-0.3, -0.25) is 9.20 Å². The molecule has 0 N–H and O–H groups in total. The number of nitriles is 1. The van der Waals surface area contributed by atoms with Gasteiger partial charge in [-0.2, -0.15) is 10.2 Å². The van der Waals surface area contributed by atoms with Crippen LogP contribution in [0.5, 0.6) is 11.6 Å². The molecule has 3 aromatic rings. The molecule has 146 valence electrons. The van der Waals surface area contributed by atoms with Crippen molar-refractivity contribution in [1.82, 2.24) is 9.38 Å². The second-order valence-corrected chi connectivity index (χ2v) is 6.48. The summed E-state index contributed by atoms with van der Waals surface area (Å²) in [5.74, 6) is -0.780. The standard InChI is InChI=1S/C20H13Cl2N3O4/c1-2-28-20(27)12(11-23)9-14-18(29-16-7-6-13(21)10-15(16)22)24-17-5-3-4-8-25(17)19(14)26/h3-10H,2H2,1H3. The number of esters is 1. The number of ether oxygens (including phenoxy) is 2. The Hall–Kier alpha value is -3.34. The number of hydrogen-bond donors (Lipinski definition) is 0. The Bertz CT molecular complexity index is 1230. The van der Waals surface area contributed by atoms with Gasteiger partial charge in [0.25, 0.3) is 5.56 Å². The summed E-state index contributed by atoms with van der Waals surface area (Å²) in [6.07, 6.45) is 2.60. The molecule has 0 unspecified atom stereocenters. The summed E-state index contributed by atoms with van der Waals surface area (Å²) < 4.78 is 11.9. The highest BCUT2D eigenvalue weighted by Crippen LogP contribution is 2.32. The zero-order valence-electron chi connectivity index (χ0n) is 15.1. The van der Waals surface area contributed by atoms with Crippen LogP contribution in [0.3, 0.4) is 0 Å². The molecule has 29 heavy (non-hydrogen) atoms. The minimum Gasteiger partial charge on any atom is -0.462 e. The van der Waals surface area contributed by atoms with Crippen molar-refractivity contribution in [1.29, 1.82) is 5.26 Å². The maximum Gasteiger partial charge on any atom is 0.348 e. The third-order valence-corrected chi connectivity index (χ3v) is 4.27. The first kappa shape index (κ1) is 20.4. The van der Waals surface area contributed by atoms with E-state index in [-0.39, 0.29) is 34.4 Å². The lowest BCUT2D eigenvalue weighted by molar-refractivity contribution is -0.137. The van der Waals surface area contributed by atoms with Crippen LogP contribution in [-0.4, -0.2) is 22.0 Å². The van der Waals surface area contributed by atoms with Crippen LogP contribution in [0.2, 0.25) is 10.0 Å². The predicted molar refractivity (Wildman–Crippen MR) is 108 cm³/mol. The normalized spacial score (nSPS) is 11.2. The van der Waals surface area contributed by atoms with E-state index in [1.54, 1.807) is 37.3 Å². The lowest BCUT2D eigenvalue weighted by Gasteiger charge is -2.11. The quantitative estimate of drug-likeness (QED) is 0.341. The lowest BCUT2D eigenvalue weighted by Crippen LogP contribution is -2.19. The number of fused-ring (bicyclic) bond motifs is 1. The molecule has 2 aromatic heterocycles. The van der Waals surface area contributed by atoms with Crippen molar-refractivity contribution in [3.05, 3.63) is 74.1 Å². The molecule has 0 spiro atoms. The molecule has 3 rings (SSSR count). The SMILES string of the molecule is CCOC(=O)C(C#N)=Cc1c(Oc2ccc(Cl)cc2Cl)nc2ccccn2c1=O. The lowest BCUT2D eigenvalue weighted by atomic mass is 10.2. The number of aromatic nitrogens is 2. The molecule has 0 aliphatic carbocycles. The van der Waals surface area contributed by atoms with Gasteiger partial charge in [-0.15, -0.1) is 0 Å². The van der Waals surface area contributed by atoms with Crippen molar-refractivity contribution in [3.63, 3.8) is 0 Å². The van der Waals surface area contributed by atoms with Gasteiger partial charge >= 0.3 is 5.97 Å². The average Bonchev–Trinajstić information content (AvgIpc) is 2.70. The molecule has 0 saturated carbocycles. The minimum atomic E-state index is -0.858. The molecular formula is C20H13Cl2N3O4. The summed E-state index contributed by atoms with van der Waals surface area (Å²) in [5.41, 5.74) is -0.699. The van der Waals surface area contributed by atoms with Gasteiger partial charge in [0.15, 0.2) is 0 Å². The number of hydrogen-bond acceptors (Lipinski definition) is 6. The van der Waals surface area contributed by atoms with Gasteiger partial charge in [0, 0.05) is 11.2 Å². The number of nitrogens with zero attached hydrogens (tertiary/aromatic N) is 3. The first-order valence-corrected chi connectivity index (χ1v) is 9.13.